The number of alkyl carbamates (subject to hydrolysis) is 1. The average Bonchev–Trinajstić information content (AvgIpc) is 2.75. The van der Waals surface area contributed by atoms with Crippen LogP contribution >= 0.6 is 0 Å². The van der Waals surface area contributed by atoms with Crippen LogP contribution < -0.4 is 5.32 Å². The Labute approximate surface area is 125 Å². The first-order chi connectivity index (χ1) is 10.1. The molecule has 0 bridgehead atoms. The number of halogens is 3. The van der Waals surface area contributed by atoms with Gasteiger partial charge in [0.1, 0.15) is 11.3 Å². The van der Waals surface area contributed by atoms with Crippen molar-refractivity contribution in [2.24, 2.45) is 0 Å². The predicted octanol–water partition coefficient (Wildman–Crippen LogP) is 4.48. The Morgan fingerprint density at radius 2 is 1.95 bits per heavy atom. The third-order valence-corrected chi connectivity index (χ3v) is 2.72. The molecule has 7 heteroatoms. The molecule has 1 aromatic carbocycles. The Morgan fingerprint density at radius 3 is 2.55 bits per heavy atom. The van der Waals surface area contributed by atoms with Gasteiger partial charge in [0.15, 0.2) is 6.61 Å². The second-order valence-electron chi connectivity index (χ2n) is 5.89. The highest BCUT2D eigenvalue weighted by Gasteiger charge is 2.34. The first-order valence-electron chi connectivity index (χ1n) is 6.60. The van der Waals surface area contributed by atoms with Crippen LogP contribution in [0.3, 0.4) is 0 Å². The molecule has 0 aliphatic heterocycles. The monoisotopic (exact) mass is 315 g/mol. The molecule has 0 unspecified atom stereocenters. The third kappa shape index (κ3) is 3.93. The Morgan fingerprint density at radius 1 is 1.27 bits per heavy atom. The predicted molar refractivity (Wildman–Crippen MR) is 74.3 cm³/mol. The lowest BCUT2D eigenvalue weighted by Crippen LogP contribution is -2.40. The molecule has 0 spiro atoms. The number of furan rings is 1. The average molecular weight is 315 g/mol. The summed E-state index contributed by atoms with van der Waals surface area (Å²) in [5.74, 6) is 0.149. The van der Waals surface area contributed by atoms with E-state index in [0.29, 0.717) is 5.39 Å². The molecule has 1 N–H and O–H groups in total. The van der Waals surface area contributed by atoms with Gasteiger partial charge in [-0.3, -0.25) is 0 Å². The molecule has 0 atom stereocenters. The molecule has 4 nitrogen and oxygen atoms in total. The molecule has 2 rings (SSSR count). The van der Waals surface area contributed by atoms with Crippen molar-refractivity contribution >= 4 is 17.1 Å². The van der Waals surface area contributed by atoms with Crippen LogP contribution in [0.2, 0.25) is 0 Å². The minimum Gasteiger partial charge on any atom is -0.457 e. The van der Waals surface area contributed by atoms with E-state index in [2.05, 4.69) is 5.32 Å². The van der Waals surface area contributed by atoms with Gasteiger partial charge in [-0.25, -0.2) is 4.79 Å². The first-order valence-corrected chi connectivity index (χ1v) is 6.60. The standard InChI is InChI=1S/C15H16F3NO3/c1-14(2,3)19-13(20)21-8-10-7-9-5-4-6-11(12(9)22-10)15(16,17)18/h4-7H,8H2,1-3H3,(H,19,20). The minimum absolute atomic E-state index is 0.149. The van der Waals surface area contributed by atoms with Crippen LogP contribution in [0.25, 0.3) is 11.0 Å². The maximum atomic E-state index is 12.9. The van der Waals surface area contributed by atoms with E-state index < -0.39 is 23.4 Å². The van der Waals surface area contributed by atoms with Gasteiger partial charge >= 0.3 is 12.3 Å². The summed E-state index contributed by atoms with van der Waals surface area (Å²) in [5, 5.41) is 2.89. The SMILES string of the molecule is CC(C)(C)NC(=O)OCc1cc2cccc(C(F)(F)F)c2o1. The number of rotatable bonds is 2. The highest BCUT2D eigenvalue weighted by molar-refractivity contribution is 5.81. The van der Waals surface area contributed by atoms with Gasteiger partial charge in [-0.15, -0.1) is 0 Å². The van der Waals surface area contributed by atoms with Gasteiger partial charge in [0.2, 0.25) is 0 Å². The fourth-order valence-corrected chi connectivity index (χ4v) is 1.89. The summed E-state index contributed by atoms with van der Waals surface area (Å²) in [6, 6.07) is 5.18. The highest BCUT2D eigenvalue weighted by Crippen LogP contribution is 2.36. The first kappa shape index (κ1) is 16.2. The molecule has 1 amide bonds. The van der Waals surface area contributed by atoms with Gasteiger partial charge in [0.05, 0.1) is 5.56 Å². The number of ether oxygens (including phenoxy) is 1. The summed E-state index contributed by atoms with van der Waals surface area (Å²) in [4.78, 5) is 11.5. The molecule has 0 aliphatic carbocycles. The van der Waals surface area contributed by atoms with Gasteiger partial charge in [0.25, 0.3) is 0 Å². The Hall–Kier alpha value is -2.18. The Balaban J connectivity index is 2.16. The van der Waals surface area contributed by atoms with E-state index in [1.54, 1.807) is 20.8 Å². The van der Waals surface area contributed by atoms with Crippen LogP contribution in [0, 0.1) is 0 Å². The number of para-hydroxylation sites is 1. The van der Waals surface area contributed by atoms with E-state index in [1.165, 1.54) is 18.2 Å². The summed E-state index contributed by atoms with van der Waals surface area (Å²) < 4.78 is 48.7. The van der Waals surface area contributed by atoms with Gasteiger partial charge in [-0.2, -0.15) is 13.2 Å². The summed E-state index contributed by atoms with van der Waals surface area (Å²) >= 11 is 0. The van der Waals surface area contributed by atoms with E-state index in [1.807, 2.05) is 0 Å². The van der Waals surface area contributed by atoms with Gasteiger partial charge in [-0.1, -0.05) is 12.1 Å². The number of amides is 1. The molecule has 120 valence electrons. The molecule has 1 heterocycles. The Bertz CT molecular complexity index is 683. The molecule has 0 aliphatic rings. The van der Waals surface area contributed by atoms with E-state index in [4.69, 9.17) is 9.15 Å². The lowest BCUT2D eigenvalue weighted by molar-refractivity contribution is -0.136. The molecule has 0 fully saturated rings. The third-order valence-electron chi connectivity index (χ3n) is 2.72. The molecule has 22 heavy (non-hydrogen) atoms. The Kier molecular flexibility index (Phi) is 4.08. The molecule has 1 aromatic heterocycles. The summed E-state index contributed by atoms with van der Waals surface area (Å²) in [5.41, 5.74) is -1.57. The van der Waals surface area contributed by atoms with Crippen molar-refractivity contribution in [3.8, 4) is 0 Å². The number of hydrogen-bond acceptors (Lipinski definition) is 3. The highest BCUT2D eigenvalue weighted by atomic mass is 19.4. The summed E-state index contributed by atoms with van der Waals surface area (Å²) in [7, 11) is 0. The van der Waals surface area contributed by atoms with Crippen LogP contribution in [0.1, 0.15) is 32.1 Å². The maximum Gasteiger partial charge on any atom is 0.420 e. The topological polar surface area (TPSA) is 51.5 Å². The lowest BCUT2D eigenvalue weighted by Gasteiger charge is -2.19. The fraction of sp³-hybridized carbons (Fsp3) is 0.400. The van der Waals surface area contributed by atoms with E-state index in [-0.39, 0.29) is 18.0 Å². The van der Waals surface area contributed by atoms with E-state index >= 15 is 0 Å². The van der Waals surface area contributed by atoms with Crippen molar-refractivity contribution in [1.29, 1.82) is 0 Å². The van der Waals surface area contributed by atoms with E-state index in [0.717, 1.165) is 6.07 Å². The number of benzene rings is 1. The second kappa shape index (κ2) is 5.55. The van der Waals surface area contributed by atoms with Crippen molar-refractivity contribution < 1.29 is 27.1 Å². The molecule has 0 saturated heterocycles. The van der Waals surface area contributed by atoms with E-state index in [9.17, 15) is 18.0 Å². The lowest BCUT2D eigenvalue weighted by atomic mass is 10.1. The number of carbonyl (C=O) groups is 1. The molecular weight excluding hydrogens is 299 g/mol. The normalized spacial score (nSPS) is 12.5. The van der Waals surface area contributed by atoms with Crippen molar-refractivity contribution in [1.82, 2.24) is 5.32 Å². The van der Waals surface area contributed by atoms with Crippen molar-refractivity contribution in [3.05, 3.63) is 35.6 Å². The van der Waals surface area contributed by atoms with Crippen LogP contribution in [0.4, 0.5) is 18.0 Å². The van der Waals surface area contributed by atoms with Crippen LogP contribution in [0.15, 0.2) is 28.7 Å². The zero-order chi connectivity index (χ0) is 16.5. The number of nitrogens with one attached hydrogen (secondary N) is 1. The van der Waals surface area contributed by atoms with Crippen molar-refractivity contribution in [2.75, 3.05) is 0 Å². The zero-order valence-electron chi connectivity index (χ0n) is 12.4. The number of fused-ring (bicyclic) bond motifs is 1. The van der Waals surface area contributed by atoms with Crippen LogP contribution in [-0.4, -0.2) is 11.6 Å². The summed E-state index contributed by atoms with van der Waals surface area (Å²) in [6.45, 7) is 5.11. The molecule has 2 aromatic rings. The fourth-order valence-electron chi connectivity index (χ4n) is 1.89. The number of alkyl halides is 3. The zero-order valence-corrected chi connectivity index (χ0v) is 12.4. The minimum atomic E-state index is -4.50. The second-order valence-corrected chi connectivity index (χ2v) is 5.89. The van der Waals surface area contributed by atoms with Gasteiger partial charge < -0.3 is 14.5 Å². The van der Waals surface area contributed by atoms with Crippen molar-refractivity contribution in [3.63, 3.8) is 0 Å². The van der Waals surface area contributed by atoms with Gasteiger partial charge in [0, 0.05) is 10.9 Å². The summed E-state index contributed by atoms with van der Waals surface area (Å²) in [6.07, 6.45) is -5.16. The maximum absolute atomic E-state index is 12.9. The molecular formula is C15H16F3NO3. The quantitative estimate of drug-likeness (QED) is 0.889. The van der Waals surface area contributed by atoms with Crippen LogP contribution in [-0.2, 0) is 17.5 Å². The molecule has 0 saturated carbocycles. The smallest absolute Gasteiger partial charge is 0.420 e. The largest absolute Gasteiger partial charge is 0.457 e. The van der Waals surface area contributed by atoms with Crippen molar-refractivity contribution in [2.45, 2.75) is 39.1 Å². The number of carbonyl (C=O) groups excluding carboxylic acids is 1. The molecule has 0 radical (unpaired) electrons. The van der Waals surface area contributed by atoms with Gasteiger partial charge in [-0.05, 0) is 32.9 Å². The number of hydrogen-bond donors (Lipinski definition) is 1. The van der Waals surface area contributed by atoms with Crippen LogP contribution in [0.5, 0.6) is 0 Å².